The van der Waals surface area contributed by atoms with Gasteiger partial charge >= 0.3 is 11.9 Å². The van der Waals surface area contributed by atoms with E-state index in [2.05, 4.69) is 74.6 Å². The van der Waals surface area contributed by atoms with Crippen molar-refractivity contribution >= 4 is 19.8 Å². The Kier molecular flexibility index (Phi) is 75.0. The molecule has 0 aromatic heterocycles. The third-order valence-corrected chi connectivity index (χ3v) is 20.0. The number of hydrogen-bond acceptors (Lipinski definition) is 8. The van der Waals surface area contributed by atoms with Crippen molar-refractivity contribution in [1.82, 2.24) is 0 Å². The molecule has 0 radical (unpaired) electrons. The van der Waals surface area contributed by atoms with Crippen molar-refractivity contribution < 1.29 is 42.1 Å². The molecule has 0 saturated heterocycles. The zero-order valence-electron chi connectivity index (χ0n) is 64.6. The van der Waals surface area contributed by atoms with Gasteiger partial charge in [-0.2, -0.15) is 0 Å². The van der Waals surface area contributed by atoms with Gasteiger partial charge < -0.3 is 27.9 Å². The number of carbonyl (C=O) groups excluding carboxylic acids is 2. The fraction of sp³-hybridized carbons (Fsp3) is 0.860. The number of likely N-dealkylation sites (N-methyl/N-ethyl adjacent to an activating group) is 1. The van der Waals surface area contributed by atoms with Crippen LogP contribution in [-0.4, -0.2) is 70.0 Å². The highest BCUT2D eigenvalue weighted by Gasteiger charge is 2.22. The van der Waals surface area contributed by atoms with Crippen molar-refractivity contribution in [2.24, 2.45) is 0 Å². The topological polar surface area (TPSA) is 111 Å². The van der Waals surface area contributed by atoms with Gasteiger partial charge in [0.25, 0.3) is 7.82 Å². The lowest BCUT2D eigenvalue weighted by Crippen LogP contribution is -2.37. The van der Waals surface area contributed by atoms with Crippen LogP contribution < -0.4 is 4.89 Å². The van der Waals surface area contributed by atoms with Crippen molar-refractivity contribution in [1.29, 1.82) is 0 Å². The number of rotatable bonds is 79. The largest absolute Gasteiger partial charge is 0.756 e. The van der Waals surface area contributed by atoms with Crippen LogP contribution in [0.15, 0.2) is 60.8 Å². The number of esters is 2. The summed E-state index contributed by atoms with van der Waals surface area (Å²) in [4.78, 5) is 38.2. The van der Waals surface area contributed by atoms with Gasteiger partial charge in [-0.3, -0.25) is 14.2 Å². The summed E-state index contributed by atoms with van der Waals surface area (Å²) in [5.74, 6) is -0.810. The summed E-state index contributed by atoms with van der Waals surface area (Å²) in [6.07, 6.45) is 104. The van der Waals surface area contributed by atoms with E-state index in [4.69, 9.17) is 18.5 Å². The van der Waals surface area contributed by atoms with Crippen molar-refractivity contribution in [2.45, 2.75) is 431 Å². The zero-order valence-corrected chi connectivity index (χ0v) is 65.5. The fourth-order valence-electron chi connectivity index (χ4n) is 12.7. The van der Waals surface area contributed by atoms with Crippen molar-refractivity contribution in [3.63, 3.8) is 0 Å². The highest BCUT2D eigenvalue weighted by molar-refractivity contribution is 7.45. The van der Waals surface area contributed by atoms with Crippen LogP contribution in [0.4, 0.5) is 0 Å². The SMILES string of the molecule is CC/C=C\C/C=C\C/C=C\C/C=C\CCCCCCCCCCCCCCCCCCCCC(=O)OC(COC(=O)CCCCCCCCCCCCCCCCCCCCCCCCCCCCCCC/C=C\CCCCCCCCCC)COP(=O)([O-])OCC[N+](C)(C)C. The van der Waals surface area contributed by atoms with Crippen LogP contribution in [0.2, 0.25) is 0 Å². The molecule has 0 heterocycles. The minimum atomic E-state index is -4.64. The van der Waals surface area contributed by atoms with Crippen LogP contribution in [0.3, 0.4) is 0 Å². The first-order chi connectivity index (χ1) is 47.0. The molecule has 0 aromatic carbocycles. The highest BCUT2D eigenvalue weighted by atomic mass is 31.2. The number of hydrogen-bond donors (Lipinski definition) is 0. The summed E-state index contributed by atoms with van der Waals surface area (Å²) in [6, 6.07) is 0. The molecule has 0 aliphatic carbocycles. The molecular formula is C86H162NO8P. The predicted molar refractivity (Wildman–Crippen MR) is 416 cm³/mol. The lowest BCUT2D eigenvalue weighted by molar-refractivity contribution is -0.870. The Bertz CT molecular complexity index is 1800. The maximum absolute atomic E-state index is 12.9. The maximum atomic E-state index is 12.9. The van der Waals surface area contributed by atoms with Gasteiger partial charge in [-0.25, -0.2) is 0 Å². The molecule has 0 amide bonds. The Morgan fingerprint density at radius 1 is 0.333 bits per heavy atom. The first kappa shape index (κ1) is 93.7. The van der Waals surface area contributed by atoms with E-state index in [-0.39, 0.29) is 32.0 Å². The third-order valence-electron chi connectivity index (χ3n) is 19.0. The molecule has 0 saturated carbocycles. The molecule has 2 atom stereocenters. The van der Waals surface area contributed by atoms with Crippen LogP contribution >= 0.6 is 7.82 Å². The van der Waals surface area contributed by atoms with Crippen LogP contribution in [0.25, 0.3) is 0 Å². The second kappa shape index (κ2) is 76.9. The second-order valence-corrected chi connectivity index (χ2v) is 31.2. The highest BCUT2D eigenvalue weighted by Crippen LogP contribution is 2.38. The number of ether oxygens (including phenoxy) is 2. The summed E-state index contributed by atoms with van der Waals surface area (Å²) in [7, 11) is 1.19. The molecule has 0 aromatic rings. The maximum Gasteiger partial charge on any atom is 0.306 e. The van der Waals surface area contributed by atoms with Gasteiger partial charge in [0.05, 0.1) is 27.7 Å². The number of phosphoric acid groups is 1. The van der Waals surface area contributed by atoms with Gasteiger partial charge in [0.2, 0.25) is 0 Å². The second-order valence-electron chi connectivity index (χ2n) is 29.8. The summed E-state index contributed by atoms with van der Waals surface area (Å²) >= 11 is 0. The number of quaternary nitrogens is 1. The van der Waals surface area contributed by atoms with Crippen molar-refractivity contribution in [3.05, 3.63) is 60.8 Å². The van der Waals surface area contributed by atoms with Gasteiger partial charge in [0.15, 0.2) is 6.10 Å². The van der Waals surface area contributed by atoms with E-state index in [0.717, 1.165) is 64.2 Å². The summed E-state index contributed by atoms with van der Waals surface area (Å²) in [5, 5.41) is 0. The molecule has 0 aliphatic heterocycles. The Labute approximate surface area is 597 Å². The van der Waals surface area contributed by atoms with Gasteiger partial charge in [0.1, 0.15) is 19.8 Å². The third kappa shape index (κ3) is 80.7. The van der Waals surface area contributed by atoms with E-state index >= 15 is 0 Å². The first-order valence-corrected chi connectivity index (χ1v) is 43.5. The van der Waals surface area contributed by atoms with Crippen LogP contribution in [0.5, 0.6) is 0 Å². The lowest BCUT2D eigenvalue weighted by atomic mass is 10.0. The van der Waals surface area contributed by atoms with Crippen LogP contribution in [0.1, 0.15) is 425 Å². The Balaban J connectivity index is 3.86. The van der Waals surface area contributed by atoms with Gasteiger partial charge in [-0.15, -0.1) is 0 Å². The van der Waals surface area contributed by atoms with E-state index in [9.17, 15) is 19.0 Å². The standard InChI is InChI=1S/C86H162NO8P/c1-6-8-10-12-14-16-18-20-22-24-26-28-30-32-34-36-38-39-40-41-42-43-44-45-46-47-49-50-52-54-56-58-60-62-64-66-68-70-72-74-76-78-85(88)92-82-84(83-94-96(90,91)93-81-80-87(3,4)5)95-86(89)79-77-75-73-71-69-67-65-63-61-59-57-55-53-51-48-37-35-33-31-29-27-25-23-21-19-17-15-13-11-9-7-2/h9,11,15,17,21,23-24,26-27,29,84H,6-8,10,12-14,16,18-20,22,25,28,30-83H2,1-5H3/b11-9-,17-15-,23-21-,26-24-,29-27-. The number of unbranched alkanes of at least 4 members (excludes halogenated alkanes) is 55. The lowest BCUT2D eigenvalue weighted by Gasteiger charge is -2.28. The predicted octanol–water partition coefficient (Wildman–Crippen LogP) is 27.4. The first-order valence-electron chi connectivity index (χ1n) is 42.0. The van der Waals surface area contributed by atoms with E-state index in [0.29, 0.717) is 17.4 Å². The summed E-state index contributed by atoms with van der Waals surface area (Å²) < 4.78 is 34.4. The van der Waals surface area contributed by atoms with Gasteiger partial charge in [-0.05, 0) is 77.0 Å². The van der Waals surface area contributed by atoms with E-state index in [1.807, 2.05) is 21.1 Å². The van der Waals surface area contributed by atoms with Gasteiger partial charge in [0, 0.05) is 12.8 Å². The fourth-order valence-corrected chi connectivity index (χ4v) is 13.4. The van der Waals surface area contributed by atoms with E-state index in [1.165, 1.54) is 327 Å². The molecular weight excluding hydrogens is 1210 g/mol. The molecule has 0 rings (SSSR count). The monoisotopic (exact) mass is 1370 g/mol. The molecule has 0 fully saturated rings. The minimum Gasteiger partial charge on any atom is -0.756 e. The molecule has 0 bridgehead atoms. The van der Waals surface area contributed by atoms with E-state index < -0.39 is 26.5 Å². The molecule has 9 nitrogen and oxygen atoms in total. The molecule has 0 aliphatic rings. The Morgan fingerprint density at radius 2 is 0.594 bits per heavy atom. The average molecular weight is 1370 g/mol. The molecule has 0 spiro atoms. The van der Waals surface area contributed by atoms with E-state index in [1.54, 1.807) is 0 Å². The van der Waals surface area contributed by atoms with Crippen LogP contribution in [-0.2, 0) is 32.7 Å². The quantitative estimate of drug-likeness (QED) is 0.0195. The average Bonchev–Trinajstić information content (AvgIpc) is 1.97. The molecule has 564 valence electrons. The summed E-state index contributed by atoms with van der Waals surface area (Å²) in [6.45, 7) is 4.20. The number of phosphoric ester groups is 1. The minimum absolute atomic E-state index is 0.0287. The number of nitrogens with zero attached hydrogens (tertiary/aromatic N) is 1. The van der Waals surface area contributed by atoms with Crippen molar-refractivity contribution in [3.8, 4) is 0 Å². The normalized spacial score (nSPS) is 13.3. The number of carbonyl (C=O) groups is 2. The van der Waals surface area contributed by atoms with Gasteiger partial charge in [-0.1, -0.05) is 396 Å². The zero-order chi connectivity index (χ0) is 69.7. The molecule has 2 unspecified atom stereocenters. The van der Waals surface area contributed by atoms with Crippen molar-refractivity contribution in [2.75, 3.05) is 47.5 Å². The molecule has 0 N–H and O–H groups in total. The smallest absolute Gasteiger partial charge is 0.306 e. The Hall–Kier alpha value is -2.29. The molecule has 96 heavy (non-hydrogen) atoms. The summed E-state index contributed by atoms with van der Waals surface area (Å²) in [5.41, 5.74) is 0. The number of allylic oxidation sites excluding steroid dienone is 10. The Morgan fingerprint density at radius 3 is 0.896 bits per heavy atom. The molecule has 10 heteroatoms. The van der Waals surface area contributed by atoms with Crippen LogP contribution in [0, 0.1) is 0 Å².